The number of rotatable bonds is 6. The molecule has 0 spiro atoms. The van der Waals surface area contributed by atoms with Crippen LogP contribution in [-0.4, -0.2) is 28.3 Å². The van der Waals surface area contributed by atoms with Gasteiger partial charge in [-0.3, -0.25) is 0 Å². The van der Waals surface area contributed by atoms with E-state index < -0.39 is 18.0 Å². The Bertz CT molecular complexity index is 458. The summed E-state index contributed by atoms with van der Waals surface area (Å²) in [4.78, 5) is 22.0. The molecule has 0 amide bonds. The van der Waals surface area contributed by atoms with Gasteiger partial charge in [0.15, 0.2) is 6.10 Å². The maximum Gasteiger partial charge on any atom is 0.344 e. The number of carbonyl (C=O) groups is 2. The lowest BCUT2D eigenvalue weighted by atomic mass is 10.2. The first-order chi connectivity index (χ1) is 8.45. The average Bonchev–Trinajstić information content (AvgIpc) is 2.30. The van der Waals surface area contributed by atoms with E-state index in [-0.39, 0.29) is 11.3 Å². The predicted octanol–water partition coefficient (Wildman–Crippen LogP) is 2.78. The number of carboxylic acids is 2. The lowest BCUT2D eigenvalue weighted by Crippen LogP contribution is -2.27. The molecular weight excluding hydrogens is 304 g/mol. The van der Waals surface area contributed by atoms with E-state index in [1.807, 2.05) is 6.92 Å². The minimum atomic E-state index is -1.16. The molecule has 18 heavy (non-hydrogen) atoms. The Kier molecular flexibility index (Phi) is 5.15. The van der Waals surface area contributed by atoms with E-state index in [4.69, 9.17) is 14.9 Å². The Morgan fingerprint density at radius 1 is 1.39 bits per heavy atom. The fourth-order valence-electron chi connectivity index (χ4n) is 1.42. The minimum Gasteiger partial charge on any atom is -0.479 e. The van der Waals surface area contributed by atoms with E-state index in [9.17, 15) is 9.59 Å². The number of aliphatic carboxylic acids is 1. The first-order valence-corrected chi connectivity index (χ1v) is 6.17. The van der Waals surface area contributed by atoms with Gasteiger partial charge in [-0.05, 0) is 24.6 Å². The largest absolute Gasteiger partial charge is 0.479 e. The molecule has 2 N–H and O–H groups in total. The van der Waals surface area contributed by atoms with Crippen molar-refractivity contribution in [2.45, 2.75) is 25.9 Å². The van der Waals surface area contributed by atoms with Crippen LogP contribution >= 0.6 is 15.9 Å². The molecule has 0 heterocycles. The zero-order valence-corrected chi connectivity index (χ0v) is 11.3. The van der Waals surface area contributed by atoms with Crippen LogP contribution in [0.3, 0.4) is 0 Å². The van der Waals surface area contributed by atoms with Crippen molar-refractivity contribution in [3.8, 4) is 5.75 Å². The van der Waals surface area contributed by atoms with E-state index in [0.29, 0.717) is 17.3 Å². The molecule has 1 atom stereocenters. The number of aromatic carboxylic acids is 1. The maximum absolute atomic E-state index is 11.0. The molecule has 5 nitrogen and oxygen atoms in total. The third-order valence-corrected chi connectivity index (χ3v) is 2.76. The number of ether oxygens (including phenoxy) is 1. The summed E-state index contributed by atoms with van der Waals surface area (Å²) in [5, 5.41) is 18.0. The fraction of sp³-hybridized carbons (Fsp3) is 0.333. The van der Waals surface area contributed by atoms with Gasteiger partial charge in [-0.2, -0.15) is 0 Å². The van der Waals surface area contributed by atoms with Crippen LogP contribution in [0.25, 0.3) is 0 Å². The topological polar surface area (TPSA) is 83.8 Å². The number of carboxylic acid groups (broad SMARTS) is 2. The molecule has 1 rings (SSSR count). The molecule has 0 aliphatic rings. The highest BCUT2D eigenvalue weighted by Crippen LogP contribution is 2.25. The van der Waals surface area contributed by atoms with Crippen LogP contribution in [0.2, 0.25) is 0 Å². The van der Waals surface area contributed by atoms with Crippen molar-refractivity contribution in [3.05, 3.63) is 28.2 Å². The normalized spacial score (nSPS) is 11.9. The summed E-state index contributed by atoms with van der Waals surface area (Å²) in [5.74, 6) is -2.20. The van der Waals surface area contributed by atoms with Gasteiger partial charge in [0.2, 0.25) is 0 Å². The highest BCUT2D eigenvalue weighted by atomic mass is 79.9. The van der Waals surface area contributed by atoms with Gasteiger partial charge in [-0.25, -0.2) is 9.59 Å². The first-order valence-electron chi connectivity index (χ1n) is 5.38. The van der Waals surface area contributed by atoms with Gasteiger partial charge in [0, 0.05) is 4.47 Å². The van der Waals surface area contributed by atoms with Crippen LogP contribution in [0.5, 0.6) is 5.75 Å². The summed E-state index contributed by atoms with van der Waals surface area (Å²) < 4.78 is 5.85. The van der Waals surface area contributed by atoms with Crippen LogP contribution in [0.4, 0.5) is 0 Å². The van der Waals surface area contributed by atoms with E-state index >= 15 is 0 Å². The number of hydrogen-bond acceptors (Lipinski definition) is 3. The van der Waals surface area contributed by atoms with Crippen molar-refractivity contribution >= 4 is 27.9 Å². The van der Waals surface area contributed by atoms with Crippen LogP contribution in [-0.2, 0) is 4.79 Å². The highest BCUT2D eigenvalue weighted by molar-refractivity contribution is 9.10. The van der Waals surface area contributed by atoms with Crippen molar-refractivity contribution in [2.75, 3.05) is 0 Å². The molecule has 98 valence electrons. The molecule has 0 aliphatic carbocycles. The standard InChI is InChI=1S/C12H13BrO5/c1-2-3-10(12(16)17)18-9-5-4-7(13)6-8(9)11(14)15/h4-6,10H,2-3H2,1H3,(H,14,15)(H,16,17). The van der Waals surface area contributed by atoms with Gasteiger partial charge in [-0.1, -0.05) is 29.3 Å². The summed E-state index contributed by atoms with van der Waals surface area (Å²) in [6.07, 6.45) is -0.0744. The number of halogens is 1. The molecule has 0 bridgehead atoms. The summed E-state index contributed by atoms with van der Waals surface area (Å²) in [7, 11) is 0. The van der Waals surface area contributed by atoms with Crippen LogP contribution < -0.4 is 4.74 Å². The third kappa shape index (κ3) is 3.73. The Labute approximate surface area is 113 Å². The highest BCUT2D eigenvalue weighted by Gasteiger charge is 2.21. The number of hydrogen-bond donors (Lipinski definition) is 2. The zero-order valence-electron chi connectivity index (χ0n) is 9.72. The molecule has 0 radical (unpaired) electrons. The van der Waals surface area contributed by atoms with Gasteiger partial charge >= 0.3 is 11.9 Å². The molecule has 0 fully saturated rings. The molecular formula is C12H13BrO5. The SMILES string of the molecule is CCCC(Oc1ccc(Br)cc1C(=O)O)C(=O)O. The van der Waals surface area contributed by atoms with E-state index in [1.54, 1.807) is 6.07 Å². The monoisotopic (exact) mass is 316 g/mol. The van der Waals surface area contributed by atoms with Crippen molar-refractivity contribution in [2.24, 2.45) is 0 Å². The van der Waals surface area contributed by atoms with Crippen molar-refractivity contribution < 1.29 is 24.5 Å². The first kappa shape index (κ1) is 14.5. The van der Waals surface area contributed by atoms with E-state index in [1.165, 1.54) is 12.1 Å². The summed E-state index contributed by atoms with van der Waals surface area (Å²) in [6.45, 7) is 1.83. The molecule has 1 aromatic carbocycles. The predicted molar refractivity (Wildman–Crippen MR) is 68.1 cm³/mol. The van der Waals surface area contributed by atoms with E-state index in [2.05, 4.69) is 15.9 Å². The van der Waals surface area contributed by atoms with Gasteiger partial charge in [0.1, 0.15) is 11.3 Å². The maximum atomic E-state index is 11.0. The molecule has 1 aromatic rings. The Hall–Kier alpha value is -1.56. The molecule has 1 unspecified atom stereocenters. The van der Waals surface area contributed by atoms with Gasteiger partial charge < -0.3 is 14.9 Å². The van der Waals surface area contributed by atoms with Gasteiger partial charge in [0.05, 0.1) is 0 Å². The van der Waals surface area contributed by atoms with Crippen molar-refractivity contribution in [1.82, 2.24) is 0 Å². The molecule has 0 saturated carbocycles. The Morgan fingerprint density at radius 2 is 2.06 bits per heavy atom. The second-order valence-electron chi connectivity index (χ2n) is 3.68. The second-order valence-corrected chi connectivity index (χ2v) is 4.59. The zero-order chi connectivity index (χ0) is 13.7. The van der Waals surface area contributed by atoms with Crippen LogP contribution in [0.15, 0.2) is 22.7 Å². The van der Waals surface area contributed by atoms with Gasteiger partial charge in [-0.15, -0.1) is 0 Å². The minimum absolute atomic E-state index is 0.0616. The van der Waals surface area contributed by atoms with Crippen molar-refractivity contribution in [3.63, 3.8) is 0 Å². The molecule has 0 aromatic heterocycles. The summed E-state index contributed by atoms with van der Waals surface area (Å²) in [6, 6.07) is 4.42. The average molecular weight is 317 g/mol. The lowest BCUT2D eigenvalue weighted by molar-refractivity contribution is -0.145. The smallest absolute Gasteiger partial charge is 0.344 e. The van der Waals surface area contributed by atoms with Gasteiger partial charge in [0.25, 0.3) is 0 Å². The molecule has 0 aliphatic heterocycles. The molecule has 0 saturated heterocycles. The number of benzene rings is 1. The lowest BCUT2D eigenvalue weighted by Gasteiger charge is -2.16. The Morgan fingerprint density at radius 3 is 2.56 bits per heavy atom. The Balaban J connectivity index is 3.01. The van der Waals surface area contributed by atoms with Crippen LogP contribution in [0, 0.1) is 0 Å². The second kappa shape index (κ2) is 6.39. The van der Waals surface area contributed by atoms with Crippen LogP contribution in [0.1, 0.15) is 30.1 Å². The van der Waals surface area contributed by atoms with E-state index in [0.717, 1.165) is 0 Å². The fourth-order valence-corrected chi connectivity index (χ4v) is 1.78. The summed E-state index contributed by atoms with van der Waals surface area (Å²) >= 11 is 3.16. The third-order valence-electron chi connectivity index (χ3n) is 2.27. The quantitative estimate of drug-likeness (QED) is 0.843. The van der Waals surface area contributed by atoms with Crippen molar-refractivity contribution in [1.29, 1.82) is 0 Å². The molecule has 6 heteroatoms. The summed E-state index contributed by atoms with van der Waals surface area (Å²) in [5.41, 5.74) is -0.0632.